The van der Waals surface area contributed by atoms with Crippen LogP contribution in [-0.4, -0.2) is 0 Å². The van der Waals surface area contributed by atoms with Crippen molar-refractivity contribution in [3.05, 3.63) is 70.3 Å². The maximum absolute atomic E-state index is 3.65. The first-order valence-corrected chi connectivity index (χ1v) is 6.61. The van der Waals surface area contributed by atoms with E-state index in [4.69, 9.17) is 0 Å². The molecule has 0 spiro atoms. The van der Waals surface area contributed by atoms with Crippen molar-refractivity contribution in [2.24, 2.45) is 0 Å². The zero-order valence-electron chi connectivity index (χ0n) is 11.0. The number of hydrogen-bond donors (Lipinski definition) is 1. The van der Waals surface area contributed by atoms with E-state index in [1.54, 1.807) is 0 Å². The molecule has 2 aromatic rings. The SMILES string of the molecule is Cc1cc(C)c2c(c1)CC(c1ccccc1)NC2. The Balaban J connectivity index is 1.94. The van der Waals surface area contributed by atoms with E-state index in [2.05, 4.69) is 61.6 Å². The van der Waals surface area contributed by atoms with E-state index in [-0.39, 0.29) is 0 Å². The van der Waals surface area contributed by atoms with Gasteiger partial charge in [-0.1, -0.05) is 48.0 Å². The summed E-state index contributed by atoms with van der Waals surface area (Å²) in [6.07, 6.45) is 1.10. The van der Waals surface area contributed by atoms with E-state index >= 15 is 0 Å². The molecule has 0 aliphatic carbocycles. The standard InChI is InChI=1S/C17H19N/c1-12-8-13(2)16-11-18-17(10-15(16)9-12)14-6-4-3-5-7-14/h3-9,17-18H,10-11H2,1-2H3. The molecule has 1 heterocycles. The Morgan fingerprint density at radius 1 is 1.06 bits per heavy atom. The molecule has 1 nitrogen and oxygen atoms in total. The molecule has 0 amide bonds. The molecule has 1 aliphatic rings. The Bertz CT molecular complexity index is 557. The van der Waals surface area contributed by atoms with Crippen LogP contribution in [0.25, 0.3) is 0 Å². The van der Waals surface area contributed by atoms with Gasteiger partial charge in [0.25, 0.3) is 0 Å². The fourth-order valence-corrected chi connectivity index (χ4v) is 2.96. The van der Waals surface area contributed by atoms with E-state index in [0.717, 1.165) is 13.0 Å². The first-order valence-electron chi connectivity index (χ1n) is 6.61. The highest BCUT2D eigenvalue weighted by molar-refractivity contribution is 5.41. The van der Waals surface area contributed by atoms with Crippen molar-refractivity contribution in [3.63, 3.8) is 0 Å². The largest absolute Gasteiger partial charge is 0.306 e. The van der Waals surface area contributed by atoms with Gasteiger partial charge in [-0.15, -0.1) is 0 Å². The number of benzene rings is 2. The summed E-state index contributed by atoms with van der Waals surface area (Å²) in [6.45, 7) is 5.39. The van der Waals surface area contributed by atoms with Crippen molar-refractivity contribution in [2.45, 2.75) is 32.9 Å². The fraction of sp³-hybridized carbons (Fsp3) is 0.294. The van der Waals surface area contributed by atoms with Crippen molar-refractivity contribution < 1.29 is 0 Å². The molecule has 92 valence electrons. The molecule has 1 heteroatoms. The minimum absolute atomic E-state index is 0.458. The Kier molecular flexibility index (Phi) is 2.92. The third-order valence-corrected chi connectivity index (χ3v) is 3.86. The molecule has 1 aliphatic heterocycles. The zero-order valence-corrected chi connectivity index (χ0v) is 11.0. The van der Waals surface area contributed by atoms with E-state index < -0.39 is 0 Å². The summed E-state index contributed by atoms with van der Waals surface area (Å²) in [5.74, 6) is 0. The molecule has 2 aromatic carbocycles. The quantitative estimate of drug-likeness (QED) is 0.797. The minimum Gasteiger partial charge on any atom is -0.306 e. The summed E-state index contributed by atoms with van der Waals surface area (Å²) in [7, 11) is 0. The fourth-order valence-electron chi connectivity index (χ4n) is 2.96. The van der Waals surface area contributed by atoms with Gasteiger partial charge in [0.2, 0.25) is 0 Å². The summed E-state index contributed by atoms with van der Waals surface area (Å²) in [4.78, 5) is 0. The zero-order chi connectivity index (χ0) is 12.5. The van der Waals surface area contributed by atoms with Gasteiger partial charge in [-0.25, -0.2) is 0 Å². The Hall–Kier alpha value is -1.60. The van der Waals surface area contributed by atoms with Gasteiger partial charge in [0.15, 0.2) is 0 Å². The van der Waals surface area contributed by atoms with Gasteiger partial charge in [0.05, 0.1) is 0 Å². The lowest BCUT2D eigenvalue weighted by Gasteiger charge is -2.28. The smallest absolute Gasteiger partial charge is 0.0363 e. The Morgan fingerprint density at radius 2 is 1.83 bits per heavy atom. The summed E-state index contributed by atoms with van der Waals surface area (Å²) >= 11 is 0. The van der Waals surface area contributed by atoms with Gasteiger partial charge >= 0.3 is 0 Å². The lowest BCUT2D eigenvalue weighted by molar-refractivity contribution is 0.497. The molecule has 0 bridgehead atoms. The van der Waals surface area contributed by atoms with Crippen LogP contribution in [0.4, 0.5) is 0 Å². The van der Waals surface area contributed by atoms with Gasteiger partial charge in [0, 0.05) is 12.6 Å². The lowest BCUT2D eigenvalue weighted by atomic mass is 9.88. The number of fused-ring (bicyclic) bond motifs is 1. The molecule has 0 aromatic heterocycles. The molecule has 1 unspecified atom stereocenters. The van der Waals surface area contributed by atoms with Crippen molar-refractivity contribution in [1.29, 1.82) is 0 Å². The van der Waals surface area contributed by atoms with Crippen LogP contribution in [0.1, 0.15) is 33.9 Å². The van der Waals surface area contributed by atoms with Crippen LogP contribution in [0.2, 0.25) is 0 Å². The number of aryl methyl sites for hydroxylation is 2. The van der Waals surface area contributed by atoms with E-state index in [1.165, 1.54) is 27.8 Å². The van der Waals surface area contributed by atoms with Crippen molar-refractivity contribution in [1.82, 2.24) is 5.32 Å². The predicted octanol–water partition coefficient (Wildman–Crippen LogP) is 3.69. The highest BCUT2D eigenvalue weighted by Crippen LogP contribution is 2.28. The second kappa shape index (κ2) is 4.58. The third-order valence-electron chi connectivity index (χ3n) is 3.86. The summed E-state index contributed by atoms with van der Waals surface area (Å²) in [5, 5.41) is 3.65. The Morgan fingerprint density at radius 3 is 2.61 bits per heavy atom. The van der Waals surface area contributed by atoms with Gasteiger partial charge in [-0.05, 0) is 42.5 Å². The maximum atomic E-state index is 3.65. The molecular weight excluding hydrogens is 218 g/mol. The van der Waals surface area contributed by atoms with E-state index in [1.807, 2.05) is 0 Å². The van der Waals surface area contributed by atoms with Crippen LogP contribution in [0.3, 0.4) is 0 Å². The number of hydrogen-bond acceptors (Lipinski definition) is 1. The summed E-state index contributed by atoms with van der Waals surface area (Å²) in [6, 6.07) is 15.8. The highest BCUT2D eigenvalue weighted by atomic mass is 14.9. The minimum atomic E-state index is 0.458. The first-order chi connectivity index (χ1) is 8.74. The Labute approximate surface area is 109 Å². The number of nitrogens with one attached hydrogen (secondary N) is 1. The monoisotopic (exact) mass is 237 g/mol. The summed E-state index contributed by atoms with van der Waals surface area (Å²) < 4.78 is 0. The van der Waals surface area contributed by atoms with Crippen LogP contribution in [-0.2, 0) is 13.0 Å². The van der Waals surface area contributed by atoms with Crippen LogP contribution in [0, 0.1) is 13.8 Å². The van der Waals surface area contributed by atoms with Crippen molar-refractivity contribution in [2.75, 3.05) is 0 Å². The molecule has 0 saturated heterocycles. The second-order valence-electron chi connectivity index (χ2n) is 5.27. The van der Waals surface area contributed by atoms with E-state index in [0.29, 0.717) is 6.04 Å². The van der Waals surface area contributed by atoms with Crippen LogP contribution >= 0.6 is 0 Å². The predicted molar refractivity (Wildman–Crippen MR) is 75.6 cm³/mol. The maximum Gasteiger partial charge on any atom is 0.0363 e. The average Bonchev–Trinajstić information content (AvgIpc) is 2.39. The van der Waals surface area contributed by atoms with Crippen LogP contribution in [0.15, 0.2) is 42.5 Å². The van der Waals surface area contributed by atoms with Gasteiger partial charge < -0.3 is 5.32 Å². The summed E-state index contributed by atoms with van der Waals surface area (Å²) in [5.41, 5.74) is 7.19. The van der Waals surface area contributed by atoms with Crippen LogP contribution < -0.4 is 5.32 Å². The average molecular weight is 237 g/mol. The topological polar surface area (TPSA) is 12.0 Å². The van der Waals surface area contributed by atoms with E-state index in [9.17, 15) is 0 Å². The van der Waals surface area contributed by atoms with Gasteiger partial charge in [0.1, 0.15) is 0 Å². The van der Waals surface area contributed by atoms with Gasteiger partial charge in [-0.3, -0.25) is 0 Å². The molecule has 3 rings (SSSR count). The molecule has 0 fully saturated rings. The molecule has 1 N–H and O–H groups in total. The molecule has 0 radical (unpaired) electrons. The van der Waals surface area contributed by atoms with Crippen molar-refractivity contribution in [3.8, 4) is 0 Å². The lowest BCUT2D eigenvalue weighted by Crippen LogP contribution is -2.29. The molecule has 1 atom stereocenters. The molecule has 0 saturated carbocycles. The molecular formula is C17H19N. The molecule has 18 heavy (non-hydrogen) atoms. The second-order valence-corrected chi connectivity index (χ2v) is 5.27. The third kappa shape index (κ3) is 2.06. The first kappa shape index (κ1) is 11.5. The highest BCUT2D eigenvalue weighted by Gasteiger charge is 2.20. The normalized spacial score (nSPS) is 18.4. The number of rotatable bonds is 1. The van der Waals surface area contributed by atoms with Crippen LogP contribution in [0.5, 0.6) is 0 Å². The van der Waals surface area contributed by atoms with Crippen molar-refractivity contribution >= 4 is 0 Å². The van der Waals surface area contributed by atoms with Gasteiger partial charge in [-0.2, -0.15) is 0 Å².